The van der Waals surface area contributed by atoms with E-state index in [0.717, 1.165) is 17.0 Å². The van der Waals surface area contributed by atoms with Crippen molar-refractivity contribution in [3.63, 3.8) is 0 Å². The van der Waals surface area contributed by atoms with Gasteiger partial charge in [-0.1, -0.05) is 25.7 Å². The van der Waals surface area contributed by atoms with Gasteiger partial charge in [-0.3, -0.25) is 4.79 Å². The molecule has 19 heavy (non-hydrogen) atoms. The van der Waals surface area contributed by atoms with Gasteiger partial charge in [0.05, 0.1) is 6.54 Å². The Hall–Kier alpha value is -1.09. The van der Waals surface area contributed by atoms with E-state index in [-0.39, 0.29) is 5.78 Å². The van der Waals surface area contributed by atoms with Gasteiger partial charge >= 0.3 is 0 Å². The predicted molar refractivity (Wildman–Crippen MR) is 78.7 cm³/mol. The van der Waals surface area contributed by atoms with Crippen LogP contribution in [0.4, 0.5) is 0 Å². The fourth-order valence-corrected chi connectivity index (χ4v) is 2.95. The van der Waals surface area contributed by atoms with E-state index in [1.165, 1.54) is 38.5 Å². The fraction of sp³-hybridized carbons (Fsp3) is 0.688. The SMILES string of the molecule is Cc1cc(C(=O)CNC2CCCCCC2)c(C)n1C. The molecular formula is C16H26N2O. The molecule has 0 atom stereocenters. The molecule has 1 aromatic rings. The van der Waals surface area contributed by atoms with Crippen molar-refractivity contribution in [2.24, 2.45) is 7.05 Å². The van der Waals surface area contributed by atoms with Crippen molar-refractivity contribution < 1.29 is 4.79 Å². The number of nitrogens with one attached hydrogen (secondary N) is 1. The second-order valence-electron chi connectivity index (χ2n) is 5.84. The minimum absolute atomic E-state index is 0.227. The molecule has 1 heterocycles. The maximum atomic E-state index is 12.3. The number of carbonyl (C=O) groups is 1. The van der Waals surface area contributed by atoms with Crippen LogP contribution < -0.4 is 5.32 Å². The first-order chi connectivity index (χ1) is 9.09. The first-order valence-electron chi connectivity index (χ1n) is 7.49. The third-order valence-electron chi connectivity index (χ3n) is 4.48. The number of rotatable bonds is 4. The second kappa shape index (κ2) is 6.38. The Balaban J connectivity index is 1.91. The molecule has 0 aliphatic heterocycles. The van der Waals surface area contributed by atoms with Crippen LogP contribution in [-0.2, 0) is 7.05 Å². The van der Waals surface area contributed by atoms with E-state index in [1.807, 2.05) is 27.0 Å². The zero-order valence-corrected chi connectivity index (χ0v) is 12.5. The summed E-state index contributed by atoms with van der Waals surface area (Å²) in [7, 11) is 2.01. The molecular weight excluding hydrogens is 236 g/mol. The van der Waals surface area contributed by atoms with Crippen molar-refractivity contribution in [3.8, 4) is 0 Å². The lowest BCUT2D eigenvalue weighted by Crippen LogP contribution is -2.33. The van der Waals surface area contributed by atoms with Gasteiger partial charge in [0.15, 0.2) is 5.78 Å². The van der Waals surface area contributed by atoms with Gasteiger partial charge in [0.1, 0.15) is 0 Å². The summed E-state index contributed by atoms with van der Waals surface area (Å²) in [4.78, 5) is 12.3. The Bertz CT molecular complexity index is 440. The number of Topliss-reactive ketones (excluding diaryl/α,β-unsaturated/α-hetero) is 1. The standard InChI is InChI=1S/C16H26N2O/c1-12-10-15(13(2)18(12)3)16(19)11-17-14-8-6-4-5-7-9-14/h10,14,17H,4-9,11H2,1-3H3. The highest BCUT2D eigenvalue weighted by atomic mass is 16.1. The van der Waals surface area contributed by atoms with E-state index >= 15 is 0 Å². The molecule has 1 aliphatic rings. The minimum Gasteiger partial charge on any atom is -0.351 e. The molecule has 0 spiro atoms. The zero-order chi connectivity index (χ0) is 13.8. The van der Waals surface area contributed by atoms with Crippen LogP contribution in [0.2, 0.25) is 0 Å². The molecule has 0 saturated heterocycles. The highest BCUT2D eigenvalue weighted by Gasteiger charge is 2.16. The molecule has 0 unspecified atom stereocenters. The highest BCUT2D eigenvalue weighted by molar-refractivity contribution is 5.99. The van der Waals surface area contributed by atoms with Crippen molar-refractivity contribution in [3.05, 3.63) is 23.0 Å². The Morgan fingerprint density at radius 3 is 2.42 bits per heavy atom. The van der Waals surface area contributed by atoms with E-state index in [1.54, 1.807) is 0 Å². The number of aromatic nitrogens is 1. The smallest absolute Gasteiger partial charge is 0.178 e. The first-order valence-corrected chi connectivity index (χ1v) is 7.49. The molecule has 1 N–H and O–H groups in total. The van der Waals surface area contributed by atoms with Gasteiger partial charge in [-0.2, -0.15) is 0 Å². The van der Waals surface area contributed by atoms with Crippen LogP contribution in [-0.4, -0.2) is 22.9 Å². The molecule has 1 fully saturated rings. The Morgan fingerprint density at radius 2 is 1.89 bits per heavy atom. The summed E-state index contributed by atoms with van der Waals surface area (Å²) in [6.45, 7) is 4.54. The number of hydrogen-bond donors (Lipinski definition) is 1. The van der Waals surface area contributed by atoms with Crippen LogP contribution in [0.25, 0.3) is 0 Å². The van der Waals surface area contributed by atoms with Crippen LogP contribution in [0.15, 0.2) is 6.07 Å². The average Bonchev–Trinajstić information content (AvgIpc) is 2.64. The van der Waals surface area contributed by atoms with Gasteiger partial charge in [-0.25, -0.2) is 0 Å². The van der Waals surface area contributed by atoms with Crippen LogP contribution in [0.3, 0.4) is 0 Å². The van der Waals surface area contributed by atoms with E-state index in [4.69, 9.17) is 0 Å². The van der Waals surface area contributed by atoms with Crippen LogP contribution in [0.1, 0.15) is 60.3 Å². The molecule has 3 nitrogen and oxygen atoms in total. The van der Waals surface area contributed by atoms with Crippen LogP contribution in [0.5, 0.6) is 0 Å². The molecule has 106 valence electrons. The van der Waals surface area contributed by atoms with E-state index in [9.17, 15) is 4.79 Å². The van der Waals surface area contributed by atoms with Crippen molar-refractivity contribution >= 4 is 5.78 Å². The highest BCUT2D eigenvalue weighted by Crippen LogP contribution is 2.18. The maximum absolute atomic E-state index is 12.3. The second-order valence-corrected chi connectivity index (χ2v) is 5.84. The zero-order valence-electron chi connectivity index (χ0n) is 12.5. The summed E-state index contributed by atoms with van der Waals surface area (Å²) in [5.74, 6) is 0.227. The third-order valence-corrected chi connectivity index (χ3v) is 4.48. The van der Waals surface area contributed by atoms with Gasteiger partial charge in [-0.15, -0.1) is 0 Å². The summed E-state index contributed by atoms with van der Waals surface area (Å²) in [5.41, 5.74) is 3.10. The van der Waals surface area contributed by atoms with E-state index in [2.05, 4.69) is 9.88 Å². The third kappa shape index (κ3) is 3.47. The number of aryl methyl sites for hydroxylation is 1. The molecule has 1 saturated carbocycles. The van der Waals surface area contributed by atoms with E-state index < -0.39 is 0 Å². The van der Waals surface area contributed by atoms with Crippen molar-refractivity contribution in [2.75, 3.05) is 6.54 Å². The number of carbonyl (C=O) groups excluding carboxylic acids is 1. The minimum atomic E-state index is 0.227. The number of hydrogen-bond acceptors (Lipinski definition) is 2. The molecule has 1 aliphatic carbocycles. The lowest BCUT2D eigenvalue weighted by molar-refractivity contribution is 0.0985. The first kappa shape index (κ1) is 14.3. The summed E-state index contributed by atoms with van der Waals surface area (Å²) < 4.78 is 2.08. The van der Waals surface area contributed by atoms with Gasteiger partial charge in [0, 0.05) is 30.0 Å². The molecule has 0 radical (unpaired) electrons. The molecule has 2 rings (SSSR count). The van der Waals surface area contributed by atoms with Gasteiger partial charge < -0.3 is 9.88 Å². The molecule has 0 amide bonds. The summed E-state index contributed by atoms with van der Waals surface area (Å²) >= 11 is 0. The molecule has 1 aromatic heterocycles. The number of ketones is 1. The van der Waals surface area contributed by atoms with Crippen molar-refractivity contribution in [2.45, 2.75) is 58.4 Å². The van der Waals surface area contributed by atoms with Gasteiger partial charge in [-0.05, 0) is 32.8 Å². The summed E-state index contributed by atoms with van der Waals surface area (Å²) in [6, 6.07) is 2.54. The van der Waals surface area contributed by atoms with Gasteiger partial charge in [0.2, 0.25) is 0 Å². The lowest BCUT2D eigenvalue weighted by Gasteiger charge is -2.15. The normalized spacial score (nSPS) is 17.4. The van der Waals surface area contributed by atoms with Crippen LogP contribution in [0, 0.1) is 13.8 Å². The predicted octanol–water partition coefficient (Wildman–Crippen LogP) is 3.14. The van der Waals surface area contributed by atoms with Crippen molar-refractivity contribution in [1.29, 1.82) is 0 Å². The Morgan fingerprint density at radius 1 is 1.26 bits per heavy atom. The van der Waals surface area contributed by atoms with Crippen LogP contribution >= 0.6 is 0 Å². The quantitative estimate of drug-likeness (QED) is 0.668. The number of nitrogens with zero attached hydrogens (tertiary/aromatic N) is 1. The molecule has 0 bridgehead atoms. The largest absolute Gasteiger partial charge is 0.351 e. The monoisotopic (exact) mass is 262 g/mol. The molecule has 3 heteroatoms. The Labute approximate surface area is 116 Å². The fourth-order valence-electron chi connectivity index (χ4n) is 2.95. The topological polar surface area (TPSA) is 34.0 Å². The average molecular weight is 262 g/mol. The maximum Gasteiger partial charge on any atom is 0.178 e. The lowest BCUT2D eigenvalue weighted by atomic mass is 10.1. The van der Waals surface area contributed by atoms with E-state index in [0.29, 0.717) is 12.6 Å². The van der Waals surface area contributed by atoms with Crippen molar-refractivity contribution in [1.82, 2.24) is 9.88 Å². The summed E-state index contributed by atoms with van der Waals surface area (Å²) in [5, 5.41) is 3.46. The Kier molecular flexibility index (Phi) is 4.81. The summed E-state index contributed by atoms with van der Waals surface area (Å²) in [6.07, 6.45) is 7.75. The van der Waals surface area contributed by atoms with Gasteiger partial charge in [0.25, 0.3) is 0 Å². The molecule has 0 aromatic carbocycles.